The zero-order valence-electron chi connectivity index (χ0n) is 11.4. The lowest BCUT2D eigenvalue weighted by Crippen LogP contribution is -2.13. The highest BCUT2D eigenvalue weighted by molar-refractivity contribution is 5.94. The molecule has 0 unspecified atom stereocenters. The molecule has 7 heteroatoms. The molecule has 0 fully saturated rings. The molecule has 2 aromatic rings. The highest BCUT2D eigenvalue weighted by Crippen LogP contribution is 2.35. The van der Waals surface area contributed by atoms with Crippen LogP contribution in [0.15, 0.2) is 16.9 Å². The van der Waals surface area contributed by atoms with Crippen LogP contribution in [-0.2, 0) is 0 Å². The number of methoxy groups -OCH3 is 1. The summed E-state index contributed by atoms with van der Waals surface area (Å²) in [4.78, 5) is 24.6. The minimum atomic E-state index is -0.729. The summed E-state index contributed by atoms with van der Waals surface area (Å²) in [6.45, 7) is 3.85. The van der Waals surface area contributed by atoms with Crippen LogP contribution in [0, 0.1) is 17.0 Å². The number of fused-ring (bicyclic) bond motifs is 1. The fraction of sp³-hybridized carbons (Fsp3) is 0.308. The van der Waals surface area contributed by atoms with Crippen LogP contribution in [-0.4, -0.2) is 23.6 Å². The molecule has 0 amide bonds. The van der Waals surface area contributed by atoms with Gasteiger partial charge in [-0.1, -0.05) is 0 Å². The van der Waals surface area contributed by atoms with Crippen molar-refractivity contribution in [2.24, 2.45) is 0 Å². The number of rotatable bonds is 4. The third kappa shape index (κ3) is 2.18. The van der Waals surface area contributed by atoms with E-state index in [0.29, 0.717) is 29.2 Å². The Morgan fingerprint density at radius 3 is 2.50 bits per heavy atom. The zero-order chi connectivity index (χ0) is 14.9. The zero-order valence-corrected chi connectivity index (χ0v) is 11.4. The second-order valence-electron chi connectivity index (χ2n) is 4.17. The van der Waals surface area contributed by atoms with Crippen molar-refractivity contribution in [3.63, 3.8) is 0 Å². The Bertz CT molecular complexity index is 736. The first-order valence-corrected chi connectivity index (χ1v) is 6.01. The first kappa shape index (κ1) is 13.9. The van der Waals surface area contributed by atoms with Crippen LogP contribution in [0.4, 0.5) is 5.69 Å². The number of hydrogen-bond donors (Lipinski definition) is 1. The smallest absolute Gasteiger partial charge is 0.341 e. The lowest BCUT2D eigenvalue weighted by Gasteiger charge is -2.11. The van der Waals surface area contributed by atoms with Gasteiger partial charge >= 0.3 is 11.2 Å². The van der Waals surface area contributed by atoms with Gasteiger partial charge in [-0.05, 0) is 26.0 Å². The number of aromatic amines is 1. The molecule has 0 spiro atoms. The predicted molar refractivity (Wildman–Crippen MR) is 73.7 cm³/mol. The highest BCUT2D eigenvalue weighted by Gasteiger charge is 2.21. The number of pyridine rings is 1. The third-order valence-corrected chi connectivity index (χ3v) is 2.96. The van der Waals surface area contributed by atoms with E-state index in [1.165, 1.54) is 13.2 Å². The predicted octanol–water partition coefficient (Wildman–Crippen LogP) is 2.15. The number of hydrogen-bond acceptors (Lipinski definition) is 5. The summed E-state index contributed by atoms with van der Waals surface area (Å²) in [6.07, 6.45) is 0. The van der Waals surface area contributed by atoms with E-state index in [4.69, 9.17) is 9.47 Å². The largest absolute Gasteiger partial charge is 0.493 e. The Morgan fingerprint density at radius 1 is 1.30 bits per heavy atom. The molecule has 0 radical (unpaired) electrons. The molecule has 0 aliphatic carbocycles. The van der Waals surface area contributed by atoms with Gasteiger partial charge in [-0.25, -0.2) is 0 Å². The molecule has 1 heterocycles. The summed E-state index contributed by atoms with van der Waals surface area (Å²) in [6, 6.07) is 3.09. The fourth-order valence-corrected chi connectivity index (χ4v) is 2.09. The van der Waals surface area contributed by atoms with Crippen LogP contribution < -0.4 is 15.0 Å². The minimum absolute atomic E-state index is 0.237. The molecule has 7 nitrogen and oxygen atoms in total. The topological polar surface area (TPSA) is 94.5 Å². The molecule has 2 rings (SSSR count). The lowest BCUT2D eigenvalue weighted by atomic mass is 10.1. The number of aryl methyl sites for hydroxylation is 1. The van der Waals surface area contributed by atoms with E-state index in [-0.39, 0.29) is 5.39 Å². The number of nitrogens with one attached hydrogen (secondary N) is 1. The molecule has 0 aliphatic rings. The van der Waals surface area contributed by atoms with Crippen molar-refractivity contribution in [1.82, 2.24) is 4.98 Å². The molecular weight excluding hydrogens is 264 g/mol. The van der Waals surface area contributed by atoms with Gasteiger partial charge in [0.1, 0.15) is 0 Å². The Labute approximate surface area is 114 Å². The van der Waals surface area contributed by atoms with Crippen molar-refractivity contribution in [2.45, 2.75) is 13.8 Å². The standard InChI is InChI=1S/C13H14N2O5/c1-4-20-11-6-9-8(5-10(11)19-3)7(2)14-13(16)12(9)15(17)18/h5-6H,4H2,1-3H3,(H,14,16). The number of H-pyrrole nitrogens is 1. The van der Waals surface area contributed by atoms with Crippen LogP contribution in [0.25, 0.3) is 10.8 Å². The van der Waals surface area contributed by atoms with E-state index < -0.39 is 16.2 Å². The molecular formula is C13H14N2O5. The summed E-state index contributed by atoms with van der Waals surface area (Å²) >= 11 is 0. The van der Waals surface area contributed by atoms with Gasteiger partial charge in [0.25, 0.3) is 0 Å². The summed E-state index contributed by atoms with van der Waals surface area (Å²) in [5.74, 6) is 0.833. The van der Waals surface area contributed by atoms with Gasteiger partial charge in [-0.3, -0.25) is 14.9 Å². The number of nitrogens with zero attached hydrogens (tertiary/aromatic N) is 1. The fourth-order valence-electron chi connectivity index (χ4n) is 2.09. The Morgan fingerprint density at radius 2 is 1.95 bits per heavy atom. The average molecular weight is 278 g/mol. The summed E-state index contributed by atoms with van der Waals surface area (Å²) < 4.78 is 10.6. The SMILES string of the molecule is CCOc1cc2c([N+](=O)[O-])c(=O)[nH]c(C)c2cc1OC. The van der Waals surface area contributed by atoms with Gasteiger partial charge < -0.3 is 14.5 Å². The average Bonchev–Trinajstić information content (AvgIpc) is 2.38. The number of aromatic nitrogens is 1. The van der Waals surface area contributed by atoms with Gasteiger partial charge in [-0.2, -0.15) is 0 Å². The van der Waals surface area contributed by atoms with E-state index in [1.54, 1.807) is 19.9 Å². The second-order valence-corrected chi connectivity index (χ2v) is 4.17. The van der Waals surface area contributed by atoms with Gasteiger partial charge in [0.2, 0.25) is 0 Å². The highest BCUT2D eigenvalue weighted by atomic mass is 16.6. The molecule has 1 N–H and O–H groups in total. The number of benzene rings is 1. The Hall–Kier alpha value is -2.57. The molecule has 0 atom stereocenters. The van der Waals surface area contributed by atoms with E-state index in [9.17, 15) is 14.9 Å². The summed E-state index contributed by atoms with van der Waals surface area (Å²) in [5.41, 5.74) is -0.682. The monoisotopic (exact) mass is 278 g/mol. The molecule has 106 valence electrons. The third-order valence-electron chi connectivity index (χ3n) is 2.96. The van der Waals surface area contributed by atoms with Crippen LogP contribution in [0.5, 0.6) is 11.5 Å². The van der Waals surface area contributed by atoms with Crippen LogP contribution in [0.3, 0.4) is 0 Å². The molecule has 0 saturated heterocycles. The first-order valence-electron chi connectivity index (χ1n) is 6.01. The van der Waals surface area contributed by atoms with Crippen molar-refractivity contribution in [1.29, 1.82) is 0 Å². The van der Waals surface area contributed by atoms with E-state index >= 15 is 0 Å². The molecule has 1 aromatic heterocycles. The quantitative estimate of drug-likeness (QED) is 0.683. The van der Waals surface area contributed by atoms with Crippen LogP contribution >= 0.6 is 0 Å². The maximum Gasteiger partial charge on any atom is 0.341 e. The van der Waals surface area contributed by atoms with Gasteiger partial charge in [0, 0.05) is 11.1 Å². The maximum absolute atomic E-state index is 11.7. The molecule has 1 aromatic carbocycles. The van der Waals surface area contributed by atoms with Crippen molar-refractivity contribution >= 4 is 16.5 Å². The van der Waals surface area contributed by atoms with Crippen molar-refractivity contribution in [2.75, 3.05) is 13.7 Å². The molecule has 0 aliphatic heterocycles. The molecule has 0 bridgehead atoms. The Balaban J connectivity index is 2.91. The van der Waals surface area contributed by atoms with Crippen molar-refractivity contribution in [3.05, 3.63) is 38.3 Å². The number of ether oxygens (including phenoxy) is 2. The molecule has 20 heavy (non-hydrogen) atoms. The van der Waals surface area contributed by atoms with Gasteiger partial charge in [-0.15, -0.1) is 0 Å². The lowest BCUT2D eigenvalue weighted by molar-refractivity contribution is -0.384. The summed E-state index contributed by atoms with van der Waals surface area (Å²) in [7, 11) is 1.49. The van der Waals surface area contributed by atoms with Crippen molar-refractivity contribution < 1.29 is 14.4 Å². The van der Waals surface area contributed by atoms with E-state index in [1.807, 2.05) is 0 Å². The Kier molecular flexibility index (Phi) is 3.60. The number of nitro groups is 1. The second kappa shape index (κ2) is 5.20. The first-order chi connectivity index (χ1) is 9.49. The summed E-state index contributed by atoms with van der Waals surface area (Å²) in [5, 5.41) is 11.9. The minimum Gasteiger partial charge on any atom is -0.493 e. The van der Waals surface area contributed by atoms with E-state index in [2.05, 4.69) is 4.98 Å². The van der Waals surface area contributed by atoms with Gasteiger partial charge in [0.05, 0.1) is 24.0 Å². The normalized spacial score (nSPS) is 10.6. The van der Waals surface area contributed by atoms with Gasteiger partial charge in [0.15, 0.2) is 11.5 Å². The van der Waals surface area contributed by atoms with Crippen molar-refractivity contribution in [3.8, 4) is 11.5 Å². The van der Waals surface area contributed by atoms with E-state index in [0.717, 1.165) is 0 Å². The van der Waals surface area contributed by atoms with Crippen LogP contribution in [0.2, 0.25) is 0 Å². The molecule has 0 saturated carbocycles. The maximum atomic E-state index is 11.7. The van der Waals surface area contributed by atoms with Crippen LogP contribution in [0.1, 0.15) is 12.6 Å².